The molecule has 3 aromatic carbocycles. The van der Waals surface area contributed by atoms with Crippen molar-refractivity contribution in [2.75, 3.05) is 7.11 Å². The van der Waals surface area contributed by atoms with Crippen molar-refractivity contribution >= 4 is 23.6 Å². The molecule has 1 amide bonds. The Morgan fingerprint density at radius 1 is 0.931 bits per heavy atom. The zero-order valence-corrected chi connectivity index (χ0v) is 16.5. The highest BCUT2D eigenvalue weighted by molar-refractivity contribution is 7.99. The quantitative estimate of drug-likeness (QED) is 0.620. The van der Waals surface area contributed by atoms with Crippen LogP contribution in [0.15, 0.2) is 88.7 Å². The molecule has 0 saturated carbocycles. The lowest BCUT2D eigenvalue weighted by Crippen LogP contribution is -2.34. The monoisotopic (exact) mass is 402 g/mol. The molecule has 1 atom stereocenters. The lowest BCUT2D eigenvalue weighted by atomic mass is 10.1. The molecule has 144 valence electrons. The van der Waals surface area contributed by atoms with Gasteiger partial charge in [0.25, 0.3) is 5.91 Å². The molecule has 3 rings (SSSR count). The number of hydrogen-bond donors (Lipinski definition) is 1. The molecular weight excluding hydrogens is 384 g/mol. The molecule has 0 fully saturated rings. The van der Waals surface area contributed by atoms with E-state index in [4.69, 9.17) is 4.74 Å². The Kier molecular flexibility index (Phi) is 6.67. The minimum Gasteiger partial charge on any atom is -0.467 e. The summed E-state index contributed by atoms with van der Waals surface area (Å²) in [5.74, 6) is -0.952. The number of methoxy groups -OCH3 is 1. The summed E-state index contributed by atoms with van der Waals surface area (Å²) in [6, 6.07) is 24.4. The summed E-state index contributed by atoms with van der Waals surface area (Å²) in [7, 11) is 1.28. The van der Waals surface area contributed by atoms with E-state index in [1.54, 1.807) is 48.5 Å². The fourth-order valence-electron chi connectivity index (χ4n) is 2.76. The van der Waals surface area contributed by atoms with Crippen molar-refractivity contribution < 1.29 is 14.3 Å². The number of ether oxygens (including phenoxy) is 1. The number of amides is 1. The van der Waals surface area contributed by atoms with Crippen LogP contribution in [0, 0.1) is 11.3 Å². The normalized spacial score (nSPS) is 11.2. The minimum absolute atomic E-state index is 0.401. The second-order valence-electron chi connectivity index (χ2n) is 6.05. The number of carbonyl (C=O) groups is 2. The molecule has 0 radical (unpaired) electrons. The predicted octanol–water partition coefficient (Wildman–Crippen LogP) is 4.35. The van der Waals surface area contributed by atoms with Crippen LogP contribution in [0.25, 0.3) is 0 Å². The Labute approximate surface area is 173 Å². The fraction of sp³-hybridized carbons (Fsp3) is 0.0870. The van der Waals surface area contributed by atoms with Gasteiger partial charge in [-0.25, -0.2) is 4.79 Å². The molecule has 0 aromatic heterocycles. The number of rotatable bonds is 6. The van der Waals surface area contributed by atoms with E-state index < -0.39 is 17.9 Å². The third kappa shape index (κ3) is 4.84. The molecule has 3 aromatic rings. The molecule has 0 aliphatic rings. The maximum Gasteiger partial charge on any atom is 0.333 e. The summed E-state index contributed by atoms with van der Waals surface area (Å²) < 4.78 is 4.86. The lowest BCUT2D eigenvalue weighted by molar-refractivity contribution is -0.143. The fourth-order valence-corrected chi connectivity index (χ4v) is 3.78. The van der Waals surface area contributed by atoms with Crippen LogP contribution < -0.4 is 5.32 Å². The molecule has 0 heterocycles. The number of nitrogens with one attached hydrogen (secondary N) is 1. The summed E-state index contributed by atoms with van der Waals surface area (Å²) in [5, 5.41) is 12.1. The number of hydrogen-bond acceptors (Lipinski definition) is 5. The summed E-state index contributed by atoms with van der Waals surface area (Å²) in [5.41, 5.74) is 1.58. The molecule has 0 aliphatic heterocycles. The van der Waals surface area contributed by atoms with Gasteiger partial charge in [-0.15, -0.1) is 0 Å². The summed E-state index contributed by atoms with van der Waals surface area (Å²) in [4.78, 5) is 26.7. The van der Waals surface area contributed by atoms with Crippen molar-refractivity contribution in [1.29, 1.82) is 5.26 Å². The molecule has 0 bridgehead atoms. The van der Waals surface area contributed by atoms with Gasteiger partial charge in [0, 0.05) is 9.79 Å². The van der Waals surface area contributed by atoms with Crippen LogP contribution in [0.5, 0.6) is 0 Å². The highest BCUT2D eigenvalue weighted by Crippen LogP contribution is 2.32. The largest absolute Gasteiger partial charge is 0.467 e. The van der Waals surface area contributed by atoms with Crippen molar-refractivity contribution in [3.05, 3.63) is 95.6 Å². The van der Waals surface area contributed by atoms with Crippen molar-refractivity contribution in [2.24, 2.45) is 0 Å². The molecule has 0 spiro atoms. The zero-order valence-electron chi connectivity index (χ0n) is 15.7. The van der Waals surface area contributed by atoms with Gasteiger partial charge in [-0.3, -0.25) is 4.79 Å². The van der Waals surface area contributed by atoms with Gasteiger partial charge in [-0.2, -0.15) is 5.26 Å². The molecule has 29 heavy (non-hydrogen) atoms. The van der Waals surface area contributed by atoms with Gasteiger partial charge < -0.3 is 10.1 Å². The first-order chi connectivity index (χ1) is 14.1. The lowest BCUT2D eigenvalue weighted by Gasteiger charge is -2.18. The second-order valence-corrected chi connectivity index (χ2v) is 7.13. The summed E-state index contributed by atoms with van der Waals surface area (Å²) >= 11 is 1.33. The van der Waals surface area contributed by atoms with Gasteiger partial charge in [0.15, 0.2) is 6.04 Å². The number of carbonyl (C=O) groups excluding carboxylic acids is 2. The number of nitrogens with zero attached hydrogens (tertiary/aromatic N) is 1. The molecule has 5 nitrogen and oxygen atoms in total. The van der Waals surface area contributed by atoms with E-state index in [2.05, 4.69) is 11.4 Å². The van der Waals surface area contributed by atoms with Crippen LogP contribution in [-0.2, 0) is 9.53 Å². The Morgan fingerprint density at radius 2 is 1.55 bits per heavy atom. The van der Waals surface area contributed by atoms with Gasteiger partial charge in [0.05, 0.1) is 18.2 Å². The maximum atomic E-state index is 13.0. The molecule has 6 heteroatoms. The van der Waals surface area contributed by atoms with E-state index in [9.17, 15) is 14.9 Å². The van der Waals surface area contributed by atoms with Crippen LogP contribution in [0.2, 0.25) is 0 Å². The van der Waals surface area contributed by atoms with Gasteiger partial charge in [0.2, 0.25) is 0 Å². The minimum atomic E-state index is -0.918. The second kappa shape index (κ2) is 9.58. The van der Waals surface area contributed by atoms with Crippen molar-refractivity contribution in [3.63, 3.8) is 0 Å². The van der Waals surface area contributed by atoms with Crippen molar-refractivity contribution in [2.45, 2.75) is 15.8 Å². The average molecular weight is 402 g/mol. The number of benzene rings is 3. The van der Waals surface area contributed by atoms with Crippen LogP contribution in [0.4, 0.5) is 0 Å². The Balaban J connectivity index is 1.89. The third-order valence-corrected chi connectivity index (χ3v) is 5.36. The number of esters is 1. The molecule has 0 aliphatic carbocycles. The first-order valence-corrected chi connectivity index (χ1v) is 9.65. The first kappa shape index (κ1) is 20.2. The molecule has 0 unspecified atom stereocenters. The van der Waals surface area contributed by atoms with Crippen LogP contribution in [0.3, 0.4) is 0 Å². The Hall–Kier alpha value is -3.56. The van der Waals surface area contributed by atoms with Crippen LogP contribution in [-0.4, -0.2) is 19.0 Å². The first-order valence-electron chi connectivity index (χ1n) is 8.83. The van der Waals surface area contributed by atoms with E-state index >= 15 is 0 Å². The SMILES string of the molecule is COC(=O)[C@@H](NC(=O)c1ccccc1Sc1ccccc1C#N)c1ccccc1. The van der Waals surface area contributed by atoms with Crippen molar-refractivity contribution in [3.8, 4) is 6.07 Å². The predicted molar refractivity (Wildman–Crippen MR) is 110 cm³/mol. The summed E-state index contributed by atoms with van der Waals surface area (Å²) in [6.45, 7) is 0. The van der Waals surface area contributed by atoms with Crippen LogP contribution >= 0.6 is 11.8 Å². The number of nitriles is 1. The third-order valence-electron chi connectivity index (χ3n) is 4.20. The van der Waals surface area contributed by atoms with Crippen LogP contribution in [0.1, 0.15) is 27.5 Å². The molecular formula is C23H18N2O3S. The highest BCUT2D eigenvalue weighted by atomic mass is 32.2. The Bertz CT molecular complexity index is 1060. The topological polar surface area (TPSA) is 79.2 Å². The van der Waals surface area contributed by atoms with Crippen molar-refractivity contribution in [1.82, 2.24) is 5.32 Å². The van der Waals surface area contributed by atoms with Gasteiger partial charge >= 0.3 is 5.97 Å². The maximum absolute atomic E-state index is 13.0. The molecule has 0 saturated heterocycles. The zero-order chi connectivity index (χ0) is 20.6. The Morgan fingerprint density at radius 3 is 2.24 bits per heavy atom. The average Bonchev–Trinajstić information content (AvgIpc) is 2.78. The van der Waals surface area contributed by atoms with E-state index in [0.29, 0.717) is 21.6 Å². The summed E-state index contributed by atoms with van der Waals surface area (Å²) in [6.07, 6.45) is 0. The van der Waals surface area contributed by atoms with Gasteiger partial charge in [0.1, 0.15) is 6.07 Å². The standard InChI is InChI=1S/C23H18N2O3S/c1-28-23(27)21(16-9-3-2-4-10-16)25-22(26)18-12-6-8-14-20(18)29-19-13-7-5-11-17(19)15-24/h2-14,21H,1H3,(H,25,26)/t21-/m0/s1. The van der Waals surface area contributed by atoms with E-state index in [1.165, 1.54) is 18.9 Å². The van der Waals surface area contributed by atoms with E-state index in [-0.39, 0.29) is 0 Å². The van der Waals surface area contributed by atoms with Gasteiger partial charge in [-0.05, 0) is 29.8 Å². The molecule has 1 N–H and O–H groups in total. The van der Waals surface area contributed by atoms with Gasteiger partial charge in [-0.1, -0.05) is 66.4 Å². The van der Waals surface area contributed by atoms with E-state index in [1.807, 2.05) is 30.3 Å². The smallest absolute Gasteiger partial charge is 0.333 e. The van der Waals surface area contributed by atoms with E-state index in [0.717, 1.165) is 4.90 Å². The highest BCUT2D eigenvalue weighted by Gasteiger charge is 2.25.